The van der Waals surface area contributed by atoms with Crippen LogP contribution >= 0.6 is 0 Å². The molecular formula is C26H30F4O. The Morgan fingerprint density at radius 2 is 1.48 bits per heavy atom. The zero-order valence-electron chi connectivity index (χ0n) is 18.2. The van der Waals surface area contributed by atoms with Crippen molar-refractivity contribution in [2.75, 3.05) is 7.11 Å². The van der Waals surface area contributed by atoms with Gasteiger partial charge in [-0.2, -0.15) is 4.39 Å². The van der Waals surface area contributed by atoms with Gasteiger partial charge in [-0.1, -0.05) is 43.7 Å². The highest BCUT2D eigenvalue weighted by molar-refractivity contribution is 5.31. The van der Waals surface area contributed by atoms with E-state index in [1.165, 1.54) is 13.2 Å². The summed E-state index contributed by atoms with van der Waals surface area (Å²) in [5, 5.41) is 0. The van der Waals surface area contributed by atoms with Crippen molar-refractivity contribution in [3.8, 4) is 5.75 Å². The van der Waals surface area contributed by atoms with Crippen LogP contribution in [0.4, 0.5) is 17.6 Å². The zero-order chi connectivity index (χ0) is 22.4. The molecule has 0 heterocycles. The molecule has 0 aliphatic heterocycles. The van der Waals surface area contributed by atoms with Crippen LogP contribution in [0.2, 0.25) is 0 Å². The summed E-state index contributed by atoms with van der Waals surface area (Å²) in [6, 6.07) is 6.47. The first kappa shape index (κ1) is 23.4. The average molecular weight is 435 g/mol. The molecule has 0 spiro atoms. The number of rotatable bonds is 8. The fourth-order valence-electron chi connectivity index (χ4n) is 4.45. The molecule has 1 nitrogen and oxygen atoms in total. The third-order valence-electron chi connectivity index (χ3n) is 6.26. The van der Waals surface area contributed by atoms with E-state index in [4.69, 9.17) is 4.74 Å². The van der Waals surface area contributed by atoms with Crippen molar-refractivity contribution in [1.82, 2.24) is 0 Å². The molecule has 1 aliphatic carbocycles. The van der Waals surface area contributed by atoms with E-state index in [2.05, 4.69) is 6.08 Å². The van der Waals surface area contributed by atoms with E-state index in [1.54, 1.807) is 18.2 Å². The lowest BCUT2D eigenvalue weighted by molar-refractivity contribution is 0.363. The molecule has 0 amide bonds. The van der Waals surface area contributed by atoms with Gasteiger partial charge in [0.2, 0.25) is 5.82 Å². The fraction of sp³-hybridized carbons (Fsp3) is 0.462. The van der Waals surface area contributed by atoms with Crippen molar-refractivity contribution in [2.45, 2.75) is 64.2 Å². The van der Waals surface area contributed by atoms with E-state index < -0.39 is 23.3 Å². The summed E-state index contributed by atoms with van der Waals surface area (Å²) in [6.45, 7) is 1.95. The third kappa shape index (κ3) is 5.50. The van der Waals surface area contributed by atoms with Crippen LogP contribution < -0.4 is 4.74 Å². The number of ether oxygens (including phenoxy) is 1. The highest BCUT2D eigenvalue weighted by Gasteiger charge is 2.25. The molecule has 5 heteroatoms. The Bertz CT molecular complexity index is 914. The van der Waals surface area contributed by atoms with E-state index in [1.807, 2.05) is 13.0 Å². The predicted molar refractivity (Wildman–Crippen MR) is 115 cm³/mol. The van der Waals surface area contributed by atoms with E-state index in [0.717, 1.165) is 32.1 Å². The first-order valence-electron chi connectivity index (χ1n) is 11.1. The van der Waals surface area contributed by atoms with E-state index in [9.17, 15) is 17.6 Å². The lowest BCUT2D eigenvalue weighted by atomic mass is 9.78. The van der Waals surface area contributed by atoms with Gasteiger partial charge >= 0.3 is 0 Å². The first-order chi connectivity index (χ1) is 15.0. The Morgan fingerprint density at radius 3 is 2.16 bits per heavy atom. The third-order valence-corrected chi connectivity index (χ3v) is 6.26. The second kappa shape index (κ2) is 10.8. The lowest BCUT2D eigenvalue weighted by Crippen LogP contribution is -2.14. The molecule has 2 aromatic rings. The van der Waals surface area contributed by atoms with Crippen molar-refractivity contribution >= 4 is 0 Å². The summed E-state index contributed by atoms with van der Waals surface area (Å²) in [5.41, 5.74) is 1.28. The molecule has 1 saturated carbocycles. The number of hydrogen-bond acceptors (Lipinski definition) is 1. The lowest BCUT2D eigenvalue weighted by Gasteiger charge is -2.27. The molecule has 1 fully saturated rings. The van der Waals surface area contributed by atoms with Crippen LogP contribution in [0.25, 0.3) is 0 Å². The molecule has 0 atom stereocenters. The molecule has 0 saturated heterocycles. The Balaban J connectivity index is 1.51. The minimum absolute atomic E-state index is 0.0474. The molecule has 168 valence electrons. The Labute approximate surface area is 182 Å². The maximum absolute atomic E-state index is 14.5. The Hall–Kier alpha value is -2.30. The monoisotopic (exact) mass is 434 g/mol. The standard InChI is InChI=1S/C26H30F4O/c1-3-6-19-13-15-21(25(29)23(19)27)18-11-9-17(10-12-18)7-4-5-8-20-14-16-22(31-2)26(30)24(20)28/h4,7,13-18H,3,5-6,8-12H2,1-2H3/b7-4+. The number of hydrogen-bond donors (Lipinski definition) is 0. The van der Waals surface area contributed by atoms with E-state index >= 15 is 0 Å². The number of aryl methyl sites for hydroxylation is 2. The van der Waals surface area contributed by atoms with Crippen LogP contribution in [-0.4, -0.2) is 7.11 Å². The van der Waals surface area contributed by atoms with Crippen molar-refractivity contribution in [1.29, 1.82) is 0 Å². The number of halogens is 4. The smallest absolute Gasteiger partial charge is 0.200 e. The summed E-state index contributed by atoms with van der Waals surface area (Å²) >= 11 is 0. The minimum Gasteiger partial charge on any atom is -0.494 e. The van der Waals surface area contributed by atoms with Gasteiger partial charge in [-0.15, -0.1) is 0 Å². The van der Waals surface area contributed by atoms with Gasteiger partial charge in [0.25, 0.3) is 0 Å². The molecule has 0 radical (unpaired) electrons. The first-order valence-corrected chi connectivity index (χ1v) is 11.1. The number of methoxy groups -OCH3 is 1. The van der Waals surface area contributed by atoms with Gasteiger partial charge in [0.1, 0.15) is 0 Å². The zero-order valence-corrected chi connectivity index (χ0v) is 18.2. The van der Waals surface area contributed by atoms with E-state index in [0.29, 0.717) is 41.9 Å². The van der Waals surface area contributed by atoms with Crippen molar-refractivity contribution in [3.05, 3.63) is 76.4 Å². The van der Waals surface area contributed by atoms with Gasteiger partial charge in [0.15, 0.2) is 23.2 Å². The number of benzene rings is 2. The van der Waals surface area contributed by atoms with Gasteiger partial charge in [0, 0.05) is 0 Å². The maximum atomic E-state index is 14.5. The summed E-state index contributed by atoms with van der Waals surface area (Å²) in [4.78, 5) is 0. The van der Waals surface area contributed by atoms with Crippen LogP contribution in [0.5, 0.6) is 5.75 Å². The largest absolute Gasteiger partial charge is 0.494 e. The van der Waals surface area contributed by atoms with Gasteiger partial charge in [-0.3, -0.25) is 0 Å². The average Bonchev–Trinajstić information content (AvgIpc) is 2.78. The number of allylic oxidation sites excluding steroid dienone is 2. The second-order valence-corrected chi connectivity index (χ2v) is 8.33. The molecule has 31 heavy (non-hydrogen) atoms. The predicted octanol–water partition coefficient (Wildman–Crippen LogP) is 7.67. The molecule has 3 rings (SSSR count). The van der Waals surface area contributed by atoms with Crippen LogP contribution in [0, 0.1) is 29.2 Å². The fourth-order valence-corrected chi connectivity index (χ4v) is 4.45. The SMILES string of the molecule is CCCc1ccc(C2CCC(/C=C/CCc3ccc(OC)c(F)c3F)CC2)c(F)c1F. The molecular weight excluding hydrogens is 404 g/mol. The van der Waals surface area contributed by atoms with Crippen LogP contribution in [-0.2, 0) is 12.8 Å². The summed E-state index contributed by atoms with van der Waals surface area (Å²) in [7, 11) is 1.31. The van der Waals surface area contributed by atoms with Gasteiger partial charge in [0.05, 0.1) is 7.11 Å². The molecule has 0 unspecified atom stereocenters. The maximum Gasteiger partial charge on any atom is 0.200 e. The van der Waals surface area contributed by atoms with Crippen molar-refractivity contribution < 1.29 is 22.3 Å². The molecule has 0 aromatic heterocycles. The Kier molecular flexibility index (Phi) is 8.16. The molecule has 0 N–H and O–H groups in total. The van der Waals surface area contributed by atoms with Crippen molar-refractivity contribution in [3.63, 3.8) is 0 Å². The van der Waals surface area contributed by atoms with Crippen LogP contribution in [0.1, 0.15) is 68.1 Å². The molecule has 0 bridgehead atoms. The minimum atomic E-state index is -0.950. The van der Waals surface area contributed by atoms with Gasteiger partial charge in [-0.05, 0) is 79.5 Å². The van der Waals surface area contributed by atoms with Crippen molar-refractivity contribution in [2.24, 2.45) is 5.92 Å². The van der Waals surface area contributed by atoms with E-state index in [-0.39, 0.29) is 11.7 Å². The highest BCUT2D eigenvalue weighted by Crippen LogP contribution is 2.38. The second-order valence-electron chi connectivity index (χ2n) is 8.33. The summed E-state index contributed by atoms with van der Waals surface area (Å²) in [6.07, 6.45) is 9.93. The summed E-state index contributed by atoms with van der Waals surface area (Å²) < 4.78 is 61.4. The topological polar surface area (TPSA) is 9.23 Å². The normalized spacial score (nSPS) is 19.2. The van der Waals surface area contributed by atoms with Gasteiger partial charge < -0.3 is 4.74 Å². The quantitative estimate of drug-likeness (QED) is 0.306. The van der Waals surface area contributed by atoms with Gasteiger partial charge in [-0.25, -0.2) is 13.2 Å². The summed E-state index contributed by atoms with van der Waals surface area (Å²) in [5.74, 6) is -2.85. The van der Waals surface area contributed by atoms with Crippen LogP contribution in [0.15, 0.2) is 36.4 Å². The highest BCUT2D eigenvalue weighted by atomic mass is 19.2. The Morgan fingerprint density at radius 1 is 0.839 bits per heavy atom. The molecule has 1 aliphatic rings. The molecule has 2 aromatic carbocycles. The van der Waals surface area contributed by atoms with Crippen LogP contribution in [0.3, 0.4) is 0 Å².